The Hall–Kier alpha value is -2.17. The topological polar surface area (TPSA) is 49.3 Å². The van der Waals surface area contributed by atoms with E-state index in [0.29, 0.717) is 18.5 Å². The summed E-state index contributed by atoms with van der Waals surface area (Å²) in [5, 5.41) is 18.8. The van der Waals surface area contributed by atoms with Gasteiger partial charge in [-0.05, 0) is 45.6 Å². The summed E-state index contributed by atoms with van der Waals surface area (Å²) in [7, 11) is 0. The molecule has 0 saturated heterocycles. The molecule has 4 heteroatoms. The van der Waals surface area contributed by atoms with E-state index in [1.54, 1.807) is 11.3 Å². The Morgan fingerprint density at radius 3 is 2.77 bits per heavy atom. The highest BCUT2D eigenvalue weighted by atomic mass is 32.1. The fraction of sp³-hybridized carbons (Fsp3) is 0.167. The maximum Gasteiger partial charge on any atom is 0.251 e. The lowest BCUT2D eigenvalue weighted by Crippen LogP contribution is -2.25. The van der Waals surface area contributed by atoms with Gasteiger partial charge < -0.3 is 10.4 Å². The molecular formula is C18H17NO2S. The predicted molar refractivity (Wildman–Crippen MR) is 90.2 cm³/mol. The van der Waals surface area contributed by atoms with E-state index in [9.17, 15) is 9.90 Å². The molecule has 0 unspecified atom stereocenters. The number of carbonyl (C=O) groups is 1. The Morgan fingerprint density at radius 2 is 1.95 bits per heavy atom. The number of thiophene rings is 1. The molecule has 0 aliphatic carbocycles. The summed E-state index contributed by atoms with van der Waals surface area (Å²) in [5.74, 6) is -0.102. The monoisotopic (exact) mass is 311 g/mol. The third kappa shape index (κ3) is 3.18. The summed E-state index contributed by atoms with van der Waals surface area (Å²) in [6.07, 6.45) is -0.0215. The number of carbonyl (C=O) groups excluding carboxylic acids is 1. The molecule has 1 aromatic heterocycles. The lowest BCUT2D eigenvalue weighted by molar-refractivity contribution is 0.0944. The van der Waals surface area contributed by atoms with E-state index in [4.69, 9.17) is 0 Å². The first-order valence-electron chi connectivity index (χ1n) is 7.22. The molecule has 2 aromatic carbocycles. The predicted octanol–water partition coefficient (Wildman–Crippen LogP) is 3.75. The number of hydrogen-bond acceptors (Lipinski definition) is 3. The van der Waals surface area contributed by atoms with Crippen LogP contribution in [0.25, 0.3) is 10.8 Å². The van der Waals surface area contributed by atoms with Crippen molar-refractivity contribution in [3.8, 4) is 0 Å². The normalized spacial score (nSPS) is 12.2. The van der Waals surface area contributed by atoms with Crippen LogP contribution in [0, 0.1) is 0 Å². The Kier molecular flexibility index (Phi) is 4.51. The molecule has 0 fully saturated rings. The molecule has 1 atom stereocenters. The summed E-state index contributed by atoms with van der Waals surface area (Å²) in [4.78, 5) is 12.3. The molecule has 3 aromatic rings. The Morgan fingerprint density at radius 1 is 1.14 bits per heavy atom. The highest BCUT2D eigenvalue weighted by Gasteiger charge is 2.11. The van der Waals surface area contributed by atoms with Gasteiger partial charge >= 0.3 is 0 Å². The molecule has 0 radical (unpaired) electrons. The summed E-state index contributed by atoms with van der Waals surface area (Å²) in [5.41, 5.74) is 1.58. The van der Waals surface area contributed by atoms with Crippen LogP contribution in [0.1, 0.15) is 28.4 Å². The highest BCUT2D eigenvalue weighted by Crippen LogP contribution is 2.20. The van der Waals surface area contributed by atoms with Crippen LogP contribution in [0.15, 0.2) is 59.3 Å². The number of aliphatic hydroxyl groups excluding tert-OH is 1. The van der Waals surface area contributed by atoms with E-state index >= 15 is 0 Å². The van der Waals surface area contributed by atoms with Gasteiger partial charge in [0.05, 0.1) is 6.10 Å². The lowest BCUT2D eigenvalue weighted by Gasteiger charge is -2.11. The van der Waals surface area contributed by atoms with E-state index in [-0.39, 0.29) is 5.91 Å². The van der Waals surface area contributed by atoms with E-state index in [0.717, 1.165) is 16.3 Å². The number of fused-ring (bicyclic) bond motifs is 1. The molecule has 3 rings (SSSR count). The van der Waals surface area contributed by atoms with Gasteiger partial charge in [-0.2, -0.15) is 11.3 Å². The molecule has 0 saturated carbocycles. The average Bonchev–Trinajstić information content (AvgIpc) is 3.08. The molecule has 3 nitrogen and oxygen atoms in total. The maximum absolute atomic E-state index is 12.3. The Balaban J connectivity index is 1.64. The summed E-state index contributed by atoms with van der Waals surface area (Å²) >= 11 is 1.56. The van der Waals surface area contributed by atoms with Crippen molar-refractivity contribution >= 4 is 28.0 Å². The maximum atomic E-state index is 12.3. The Labute approximate surface area is 133 Å². The lowest BCUT2D eigenvalue weighted by atomic mass is 10.0. The highest BCUT2D eigenvalue weighted by molar-refractivity contribution is 7.07. The van der Waals surface area contributed by atoms with E-state index in [2.05, 4.69) is 5.32 Å². The zero-order valence-electron chi connectivity index (χ0n) is 12.0. The zero-order chi connectivity index (χ0) is 15.4. The number of hydrogen-bond donors (Lipinski definition) is 2. The van der Waals surface area contributed by atoms with Gasteiger partial charge in [0.2, 0.25) is 0 Å². The second kappa shape index (κ2) is 6.73. The molecule has 1 heterocycles. The van der Waals surface area contributed by atoms with E-state index in [1.165, 1.54) is 0 Å². The molecule has 0 spiro atoms. The average molecular weight is 311 g/mol. The number of rotatable bonds is 5. The molecule has 0 aliphatic rings. The summed E-state index contributed by atoms with van der Waals surface area (Å²) < 4.78 is 0. The smallest absolute Gasteiger partial charge is 0.251 e. The van der Waals surface area contributed by atoms with E-state index < -0.39 is 6.10 Å². The minimum atomic E-state index is -0.529. The van der Waals surface area contributed by atoms with Crippen LogP contribution in [0.3, 0.4) is 0 Å². The van der Waals surface area contributed by atoms with Gasteiger partial charge in [-0.3, -0.25) is 4.79 Å². The third-order valence-electron chi connectivity index (χ3n) is 3.67. The van der Waals surface area contributed by atoms with Crippen LogP contribution < -0.4 is 5.32 Å². The molecular weight excluding hydrogens is 294 g/mol. The van der Waals surface area contributed by atoms with Gasteiger partial charge in [-0.25, -0.2) is 0 Å². The van der Waals surface area contributed by atoms with Crippen LogP contribution in [-0.4, -0.2) is 17.6 Å². The van der Waals surface area contributed by atoms with Crippen molar-refractivity contribution in [2.75, 3.05) is 6.54 Å². The van der Waals surface area contributed by atoms with Gasteiger partial charge in [0.1, 0.15) is 0 Å². The van der Waals surface area contributed by atoms with Gasteiger partial charge in [0.25, 0.3) is 5.91 Å². The van der Waals surface area contributed by atoms with Gasteiger partial charge in [-0.1, -0.05) is 36.4 Å². The third-order valence-corrected chi connectivity index (χ3v) is 4.37. The second-order valence-corrected chi connectivity index (χ2v) is 5.92. The Bertz CT molecular complexity index is 762. The minimum absolute atomic E-state index is 0.102. The first-order chi connectivity index (χ1) is 10.8. The minimum Gasteiger partial charge on any atom is -0.388 e. The molecule has 22 heavy (non-hydrogen) atoms. The van der Waals surface area contributed by atoms with Crippen molar-refractivity contribution in [3.05, 3.63) is 70.4 Å². The molecule has 112 valence electrons. The van der Waals surface area contributed by atoms with Crippen molar-refractivity contribution in [2.45, 2.75) is 12.5 Å². The van der Waals surface area contributed by atoms with Crippen molar-refractivity contribution < 1.29 is 9.90 Å². The van der Waals surface area contributed by atoms with Crippen molar-refractivity contribution in [1.82, 2.24) is 5.32 Å². The fourth-order valence-corrected chi connectivity index (χ4v) is 3.18. The van der Waals surface area contributed by atoms with Crippen LogP contribution >= 0.6 is 11.3 Å². The van der Waals surface area contributed by atoms with Crippen LogP contribution in [0.2, 0.25) is 0 Å². The molecule has 2 N–H and O–H groups in total. The molecule has 0 aliphatic heterocycles. The number of benzene rings is 2. The van der Waals surface area contributed by atoms with Crippen molar-refractivity contribution in [2.24, 2.45) is 0 Å². The summed E-state index contributed by atoms with van der Waals surface area (Å²) in [6.45, 7) is 0.444. The van der Waals surface area contributed by atoms with Crippen molar-refractivity contribution in [3.63, 3.8) is 0 Å². The standard InChI is InChI=1S/C18H17NO2S/c20-17(14-9-11-22-12-14)8-10-19-18(21)16-7-3-5-13-4-1-2-6-15(13)16/h1-7,9,11-12,17,20H,8,10H2,(H,19,21)/t17-/m1/s1. The number of nitrogens with one attached hydrogen (secondary N) is 1. The van der Waals surface area contributed by atoms with Gasteiger partial charge in [0.15, 0.2) is 0 Å². The largest absolute Gasteiger partial charge is 0.388 e. The molecule has 0 bridgehead atoms. The SMILES string of the molecule is O=C(NCC[C@@H](O)c1ccsc1)c1cccc2ccccc12. The van der Waals surface area contributed by atoms with Gasteiger partial charge in [0, 0.05) is 12.1 Å². The zero-order valence-corrected chi connectivity index (χ0v) is 12.8. The van der Waals surface area contributed by atoms with Crippen LogP contribution in [0.5, 0.6) is 0 Å². The number of amides is 1. The fourth-order valence-electron chi connectivity index (χ4n) is 2.47. The number of aliphatic hydroxyl groups is 1. The molecule has 1 amide bonds. The first-order valence-corrected chi connectivity index (χ1v) is 8.16. The van der Waals surface area contributed by atoms with Gasteiger partial charge in [-0.15, -0.1) is 0 Å². The van der Waals surface area contributed by atoms with Crippen LogP contribution in [0.4, 0.5) is 0 Å². The van der Waals surface area contributed by atoms with E-state index in [1.807, 2.05) is 59.3 Å². The second-order valence-electron chi connectivity index (χ2n) is 5.14. The van der Waals surface area contributed by atoms with Crippen LogP contribution in [-0.2, 0) is 0 Å². The van der Waals surface area contributed by atoms with Crippen molar-refractivity contribution in [1.29, 1.82) is 0 Å². The summed E-state index contributed by atoms with van der Waals surface area (Å²) in [6, 6.07) is 15.4. The first kappa shape index (κ1) is 14.8. The quantitative estimate of drug-likeness (QED) is 0.754.